The first-order chi connectivity index (χ1) is 16.8. The maximum Gasteiger partial charge on any atom is 0.263 e. The first-order valence-electron chi connectivity index (χ1n) is 10.7. The standard InChI is InChI=1S/C26H27ClN2O5S/c1-15-13-20(23(34-5)14-19(15)27)29-25(30)16(2)35-18-11-9-17(10-12-18)28-26(31)24-21(32-3)7-6-8-22(24)33-4/h6-14,16H,1-5H3,(H,28,31)(H,29,30). The largest absolute Gasteiger partial charge is 0.496 e. The predicted octanol–water partition coefficient (Wildman–Crippen LogP) is 6.05. The molecule has 9 heteroatoms. The van der Waals surface area contributed by atoms with Crippen LogP contribution >= 0.6 is 23.4 Å². The summed E-state index contributed by atoms with van der Waals surface area (Å²) in [4.78, 5) is 26.5. The third kappa shape index (κ3) is 6.41. The van der Waals surface area contributed by atoms with Gasteiger partial charge in [-0.05, 0) is 61.9 Å². The molecule has 3 rings (SSSR count). The van der Waals surface area contributed by atoms with Crippen LogP contribution in [0, 0.1) is 6.92 Å². The number of methoxy groups -OCH3 is 3. The summed E-state index contributed by atoms with van der Waals surface area (Å²) < 4.78 is 15.9. The van der Waals surface area contributed by atoms with Gasteiger partial charge in [-0.3, -0.25) is 9.59 Å². The minimum absolute atomic E-state index is 0.171. The molecule has 2 N–H and O–H groups in total. The van der Waals surface area contributed by atoms with Gasteiger partial charge in [0.05, 0.1) is 32.3 Å². The fourth-order valence-corrected chi connectivity index (χ4v) is 4.33. The van der Waals surface area contributed by atoms with E-state index < -0.39 is 0 Å². The quantitative estimate of drug-likeness (QED) is 0.338. The van der Waals surface area contributed by atoms with Crippen molar-refractivity contribution in [2.75, 3.05) is 32.0 Å². The Kier molecular flexibility index (Phi) is 8.89. The summed E-state index contributed by atoms with van der Waals surface area (Å²) in [6, 6.07) is 15.9. The van der Waals surface area contributed by atoms with Crippen LogP contribution in [0.25, 0.3) is 0 Å². The predicted molar refractivity (Wildman–Crippen MR) is 141 cm³/mol. The van der Waals surface area contributed by atoms with Crippen LogP contribution in [-0.2, 0) is 4.79 Å². The number of aryl methyl sites for hydroxylation is 1. The molecule has 2 amide bonds. The van der Waals surface area contributed by atoms with Gasteiger partial charge in [0, 0.05) is 21.7 Å². The van der Waals surface area contributed by atoms with Gasteiger partial charge in [-0.1, -0.05) is 17.7 Å². The fourth-order valence-electron chi connectivity index (χ4n) is 3.31. The van der Waals surface area contributed by atoms with E-state index in [0.29, 0.717) is 39.2 Å². The number of rotatable bonds is 9. The van der Waals surface area contributed by atoms with Gasteiger partial charge in [-0.15, -0.1) is 11.8 Å². The van der Waals surface area contributed by atoms with E-state index in [1.165, 1.54) is 33.1 Å². The molecule has 0 radical (unpaired) electrons. The van der Waals surface area contributed by atoms with E-state index >= 15 is 0 Å². The van der Waals surface area contributed by atoms with Gasteiger partial charge in [0.2, 0.25) is 5.91 Å². The minimum Gasteiger partial charge on any atom is -0.496 e. The fraction of sp³-hybridized carbons (Fsp3) is 0.231. The molecule has 3 aromatic rings. The lowest BCUT2D eigenvalue weighted by molar-refractivity contribution is -0.115. The Balaban J connectivity index is 1.65. The van der Waals surface area contributed by atoms with Gasteiger partial charge in [0.25, 0.3) is 5.91 Å². The third-order valence-corrected chi connectivity index (χ3v) is 6.71. The van der Waals surface area contributed by atoms with Gasteiger partial charge in [0.15, 0.2) is 0 Å². The summed E-state index contributed by atoms with van der Waals surface area (Å²) in [5.41, 5.74) is 2.32. The van der Waals surface area contributed by atoms with E-state index in [2.05, 4.69) is 10.6 Å². The number of carbonyl (C=O) groups excluding carboxylic acids is 2. The molecule has 0 fully saturated rings. The second kappa shape index (κ2) is 11.9. The van der Waals surface area contributed by atoms with E-state index in [-0.39, 0.29) is 17.1 Å². The Bertz CT molecular complexity index is 1190. The first kappa shape index (κ1) is 26.2. The lowest BCUT2D eigenvalue weighted by atomic mass is 10.1. The molecular weight excluding hydrogens is 488 g/mol. The summed E-state index contributed by atoms with van der Waals surface area (Å²) in [5, 5.41) is 5.94. The van der Waals surface area contributed by atoms with Crippen LogP contribution < -0.4 is 24.8 Å². The van der Waals surface area contributed by atoms with Crippen LogP contribution in [0.4, 0.5) is 11.4 Å². The second-order valence-corrected chi connectivity index (χ2v) is 9.39. The number of hydrogen-bond donors (Lipinski definition) is 2. The topological polar surface area (TPSA) is 85.9 Å². The molecular formula is C26H27ClN2O5S. The van der Waals surface area contributed by atoms with Crippen molar-refractivity contribution in [2.24, 2.45) is 0 Å². The van der Waals surface area contributed by atoms with Crippen LogP contribution in [0.3, 0.4) is 0 Å². The summed E-state index contributed by atoms with van der Waals surface area (Å²) >= 11 is 7.54. The van der Waals surface area contributed by atoms with Crippen LogP contribution in [0.2, 0.25) is 5.02 Å². The van der Waals surface area contributed by atoms with Crippen molar-refractivity contribution in [2.45, 2.75) is 24.0 Å². The normalized spacial score (nSPS) is 11.4. The second-order valence-electron chi connectivity index (χ2n) is 7.57. The van der Waals surface area contributed by atoms with E-state index in [9.17, 15) is 9.59 Å². The van der Waals surface area contributed by atoms with Crippen molar-refractivity contribution in [3.63, 3.8) is 0 Å². The maximum absolute atomic E-state index is 12.8. The summed E-state index contributed by atoms with van der Waals surface area (Å²) in [7, 11) is 4.53. The lowest BCUT2D eigenvalue weighted by Crippen LogP contribution is -2.22. The lowest BCUT2D eigenvalue weighted by Gasteiger charge is -2.16. The highest BCUT2D eigenvalue weighted by Crippen LogP contribution is 2.33. The van der Waals surface area contributed by atoms with Crippen molar-refractivity contribution >= 4 is 46.6 Å². The Labute approximate surface area is 214 Å². The molecule has 0 aliphatic carbocycles. The van der Waals surface area contributed by atoms with Crippen LogP contribution in [0.1, 0.15) is 22.8 Å². The van der Waals surface area contributed by atoms with Crippen molar-refractivity contribution in [3.05, 3.63) is 70.7 Å². The van der Waals surface area contributed by atoms with Crippen LogP contribution in [-0.4, -0.2) is 38.4 Å². The van der Waals surface area contributed by atoms with E-state index in [1.54, 1.807) is 42.5 Å². The molecule has 0 heterocycles. The highest BCUT2D eigenvalue weighted by Gasteiger charge is 2.19. The van der Waals surface area contributed by atoms with Crippen molar-refractivity contribution in [1.82, 2.24) is 0 Å². The van der Waals surface area contributed by atoms with Crippen LogP contribution in [0.5, 0.6) is 17.2 Å². The van der Waals surface area contributed by atoms with Gasteiger partial charge < -0.3 is 24.8 Å². The Hall–Kier alpha value is -3.36. The van der Waals surface area contributed by atoms with E-state index in [0.717, 1.165) is 10.5 Å². The molecule has 0 aromatic heterocycles. The van der Waals surface area contributed by atoms with Crippen molar-refractivity contribution in [3.8, 4) is 17.2 Å². The number of benzene rings is 3. The molecule has 0 aliphatic rings. The summed E-state index contributed by atoms with van der Waals surface area (Å²) in [6.07, 6.45) is 0. The minimum atomic E-state index is -0.381. The molecule has 35 heavy (non-hydrogen) atoms. The number of amides is 2. The smallest absolute Gasteiger partial charge is 0.263 e. The van der Waals surface area contributed by atoms with Crippen molar-refractivity contribution < 1.29 is 23.8 Å². The number of halogens is 1. The monoisotopic (exact) mass is 514 g/mol. The molecule has 0 saturated carbocycles. The number of nitrogens with one attached hydrogen (secondary N) is 2. The average molecular weight is 515 g/mol. The Morgan fingerprint density at radius 1 is 0.886 bits per heavy atom. The molecule has 0 saturated heterocycles. The van der Waals surface area contributed by atoms with Gasteiger partial charge in [-0.2, -0.15) is 0 Å². The zero-order valence-electron chi connectivity index (χ0n) is 20.1. The number of carbonyl (C=O) groups is 2. The molecule has 184 valence electrons. The molecule has 7 nitrogen and oxygen atoms in total. The average Bonchev–Trinajstić information content (AvgIpc) is 2.86. The molecule has 1 unspecified atom stereocenters. The Morgan fingerprint density at radius 2 is 1.49 bits per heavy atom. The first-order valence-corrected chi connectivity index (χ1v) is 12.0. The van der Waals surface area contributed by atoms with Gasteiger partial charge in [-0.25, -0.2) is 0 Å². The molecule has 1 atom stereocenters. The van der Waals surface area contributed by atoms with Gasteiger partial charge >= 0.3 is 0 Å². The maximum atomic E-state index is 12.8. The highest BCUT2D eigenvalue weighted by molar-refractivity contribution is 8.00. The summed E-state index contributed by atoms with van der Waals surface area (Å²) in [6.45, 7) is 3.68. The number of ether oxygens (including phenoxy) is 3. The Morgan fingerprint density at radius 3 is 2.06 bits per heavy atom. The van der Waals surface area contributed by atoms with Gasteiger partial charge in [0.1, 0.15) is 22.8 Å². The summed E-state index contributed by atoms with van der Waals surface area (Å²) in [5.74, 6) is 0.816. The SMILES string of the molecule is COc1cc(Cl)c(C)cc1NC(=O)C(C)Sc1ccc(NC(=O)c2c(OC)cccc2OC)cc1. The highest BCUT2D eigenvalue weighted by atomic mass is 35.5. The number of thioether (sulfide) groups is 1. The zero-order chi connectivity index (χ0) is 25.5. The zero-order valence-corrected chi connectivity index (χ0v) is 21.7. The van der Waals surface area contributed by atoms with Crippen molar-refractivity contribution in [1.29, 1.82) is 0 Å². The molecule has 0 bridgehead atoms. The number of hydrogen-bond acceptors (Lipinski definition) is 6. The van der Waals surface area contributed by atoms with Crippen LogP contribution in [0.15, 0.2) is 59.5 Å². The van der Waals surface area contributed by atoms with E-state index in [1.807, 2.05) is 26.0 Å². The van der Waals surface area contributed by atoms with E-state index in [4.69, 9.17) is 25.8 Å². The molecule has 0 spiro atoms. The third-order valence-electron chi connectivity index (χ3n) is 5.19. The molecule has 0 aliphatic heterocycles. The number of anilines is 2. The molecule has 3 aromatic carbocycles.